The number of nitrogens with zero attached hydrogens (tertiary/aromatic N) is 3. The van der Waals surface area contributed by atoms with Crippen LogP contribution in [0.3, 0.4) is 0 Å². The highest BCUT2D eigenvalue weighted by Gasteiger charge is 2.33. The lowest BCUT2D eigenvalue weighted by molar-refractivity contribution is -0.139. The summed E-state index contributed by atoms with van der Waals surface area (Å²) in [6, 6.07) is 10.5. The number of halogens is 1. The summed E-state index contributed by atoms with van der Waals surface area (Å²) in [7, 11) is 3.90. The maximum absolute atomic E-state index is 13.8. The predicted molar refractivity (Wildman–Crippen MR) is 139 cm³/mol. The van der Waals surface area contributed by atoms with Gasteiger partial charge < -0.3 is 19.1 Å². The first kappa shape index (κ1) is 24.1. The molecule has 2 aliphatic heterocycles. The number of benzene rings is 2. The zero-order valence-electron chi connectivity index (χ0n) is 20.2. The first-order chi connectivity index (χ1) is 17.3. The van der Waals surface area contributed by atoms with Crippen molar-refractivity contribution in [1.82, 2.24) is 4.57 Å². The van der Waals surface area contributed by atoms with E-state index >= 15 is 0 Å². The summed E-state index contributed by atoms with van der Waals surface area (Å²) in [5, 5.41) is 0.435. The minimum atomic E-state index is -0.675. The third kappa shape index (κ3) is 4.18. The van der Waals surface area contributed by atoms with Crippen molar-refractivity contribution in [2.45, 2.75) is 19.9 Å². The Kier molecular flexibility index (Phi) is 6.36. The van der Waals surface area contributed by atoms with Crippen LogP contribution in [0, 0.1) is 0 Å². The first-order valence-corrected chi connectivity index (χ1v) is 12.5. The lowest BCUT2D eigenvalue weighted by Gasteiger charge is -2.25. The van der Waals surface area contributed by atoms with Gasteiger partial charge in [-0.25, -0.2) is 9.79 Å². The highest BCUT2D eigenvalue weighted by molar-refractivity contribution is 7.07. The Balaban J connectivity index is 1.69. The second kappa shape index (κ2) is 9.48. The number of allylic oxidation sites excluding steroid dienone is 1. The molecule has 8 nitrogen and oxygen atoms in total. The van der Waals surface area contributed by atoms with Crippen molar-refractivity contribution in [3.05, 3.63) is 83.5 Å². The maximum Gasteiger partial charge on any atom is 0.338 e. The van der Waals surface area contributed by atoms with Crippen LogP contribution < -0.4 is 29.3 Å². The van der Waals surface area contributed by atoms with Crippen molar-refractivity contribution in [3.63, 3.8) is 0 Å². The van der Waals surface area contributed by atoms with Crippen molar-refractivity contribution in [2.24, 2.45) is 4.99 Å². The third-order valence-electron chi connectivity index (χ3n) is 6.02. The van der Waals surface area contributed by atoms with Gasteiger partial charge in [0.05, 0.1) is 33.5 Å². The van der Waals surface area contributed by atoms with E-state index in [2.05, 4.69) is 4.99 Å². The van der Waals surface area contributed by atoms with Crippen LogP contribution in [0.5, 0.6) is 11.5 Å². The summed E-state index contributed by atoms with van der Waals surface area (Å²) in [5.41, 5.74) is 3.00. The molecule has 3 heterocycles. The smallest absolute Gasteiger partial charge is 0.338 e. The fourth-order valence-electron chi connectivity index (χ4n) is 4.25. The number of carbonyl (C=O) groups is 1. The molecule has 0 radical (unpaired) electrons. The van der Waals surface area contributed by atoms with Crippen LogP contribution in [-0.4, -0.2) is 38.0 Å². The number of esters is 1. The molecule has 0 saturated heterocycles. The van der Waals surface area contributed by atoms with Crippen molar-refractivity contribution < 1.29 is 19.0 Å². The Morgan fingerprint density at radius 2 is 1.94 bits per heavy atom. The highest BCUT2D eigenvalue weighted by Crippen LogP contribution is 2.37. The Morgan fingerprint density at radius 1 is 1.25 bits per heavy atom. The Hall–Kier alpha value is -3.56. The summed E-state index contributed by atoms with van der Waals surface area (Å²) in [5.74, 6) is 0.640. The summed E-state index contributed by atoms with van der Waals surface area (Å²) in [4.78, 5) is 33.9. The topological polar surface area (TPSA) is 82.4 Å². The van der Waals surface area contributed by atoms with Gasteiger partial charge in [0.1, 0.15) is 0 Å². The van der Waals surface area contributed by atoms with E-state index in [0.29, 0.717) is 42.7 Å². The predicted octanol–water partition coefficient (Wildman–Crippen LogP) is 3.25. The molecule has 3 aromatic rings. The van der Waals surface area contributed by atoms with Crippen molar-refractivity contribution in [3.8, 4) is 11.5 Å². The fraction of sp³-hybridized carbons (Fsp3) is 0.269. The Labute approximate surface area is 216 Å². The number of anilines is 1. The molecule has 0 saturated carbocycles. The number of carbonyl (C=O) groups excluding carboxylic acids is 1. The molecular formula is C26H24ClN3O5S. The molecule has 2 aromatic carbocycles. The van der Waals surface area contributed by atoms with Gasteiger partial charge in [-0.05, 0) is 49.2 Å². The van der Waals surface area contributed by atoms with Gasteiger partial charge in [-0.15, -0.1) is 0 Å². The normalized spacial score (nSPS) is 16.6. The van der Waals surface area contributed by atoms with Crippen LogP contribution in [0.4, 0.5) is 5.69 Å². The summed E-state index contributed by atoms with van der Waals surface area (Å²) < 4.78 is 18.2. The molecule has 0 aliphatic carbocycles. The molecule has 186 valence electrons. The highest BCUT2D eigenvalue weighted by atomic mass is 35.5. The van der Waals surface area contributed by atoms with E-state index in [-0.39, 0.29) is 19.0 Å². The lowest BCUT2D eigenvalue weighted by Crippen LogP contribution is -2.39. The second-order valence-electron chi connectivity index (χ2n) is 8.52. The van der Waals surface area contributed by atoms with E-state index in [9.17, 15) is 9.59 Å². The lowest BCUT2D eigenvalue weighted by atomic mass is 9.95. The molecule has 2 aliphatic rings. The fourth-order valence-corrected chi connectivity index (χ4v) is 5.49. The van der Waals surface area contributed by atoms with Crippen molar-refractivity contribution >= 4 is 40.7 Å². The molecular weight excluding hydrogens is 502 g/mol. The average molecular weight is 526 g/mol. The van der Waals surface area contributed by atoms with E-state index in [0.717, 1.165) is 11.3 Å². The van der Waals surface area contributed by atoms with Crippen LogP contribution in [-0.2, 0) is 9.53 Å². The molecule has 5 rings (SSSR count). The monoisotopic (exact) mass is 525 g/mol. The molecule has 0 N–H and O–H groups in total. The quantitative estimate of drug-likeness (QED) is 0.476. The van der Waals surface area contributed by atoms with E-state index in [4.69, 9.17) is 25.8 Å². The minimum Gasteiger partial charge on any atom is -0.463 e. The summed E-state index contributed by atoms with van der Waals surface area (Å²) in [6.45, 7) is 3.85. The van der Waals surface area contributed by atoms with Gasteiger partial charge in [-0.1, -0.05) is 35.1 Å². The number of ether oxygens (including phenoxy) is 3. The van der Waals surface area contributed by atoms with Gasteiger partial charge >= 0.3 is 5.97 Å². The van der Waals surface area contributed by atoms with Crippen LogP contribution in [0.25, 0.3) is 6.08 Å². The molecule has 1 aromatic heterocycles. The van der Waals surface area contributed by atoms with Gasteiger partial charge in [-0.2, -0.15) is 0 Å². The van der Waals surface area contributed by atoms with E-state index in [1.807, 2.05) is 43.3 Å². The average Bonchev–Trinajstić information content (AvgIpc) is 3.42. The molecule has 1 atom stereocenters. The molecule has 0 spiro atoms. The van der Waals surface area contributed by atoms with E-state index < -0.39 is 12.0 Å². The van der Waals surface area contributed by atoms with Crippen LogP contribution in [0.1, 0.15) is 31.0 Å². The Bertz CT molecular complexity index is 1570. The van der Waals surface area contributed by atoms with Crippen LogP contribution in [0.15, 0.2) is 57.5 Å². The van der Waals surface area contributed by atoms with E-state index in [1.165, 1.54) is 11.3 Å². The van der Waals surface area contributed by atoms with E-state index in [1.54, 1.807) is 36.6 Å². The van der Waals surface area contributed by atoms with Gasteiger partial charge in [0.25, 0.3) is 5.56 Å². The molecule has 0 bridgehead atoms. The SMILES string of the molecule is CCOC(=O)C1=C(C)N=c2s/c(=C\c3cc4c(cc3Cl)OCO4)c(=O)n2C1c1ccc(N(C)C)cc1. The van der Waals surface area contributed by atoms with Gasteiger partial charge in [0.2, 0.25) is 6.79 Å². The molecule has 0 fully saturated rings. The number of aromatic nitrogens is 1. The zero-order chi connectivity index (χ0) is 25.6. The molecule has 10 heteroatoms. The van der Waals surface area contributed by atoms with Crippen LogP contribution >= 0.6 is 22.9 Å². The number of rotatable bonds is 5. The van der Waals surface area contributed by atoms with Crippen molar-refractivity contribution in [2.75, 3.05) is 32.4 Å². The summed E-state index contributed by atoms with van der Waals surface area (Å²) >= 11 is 7.70. The van der Waals surface area contributed by atoms with Gasteiger partial charge in [0.15, 0.2) is 16.3 Å². The summed E-state index contributed by atoms with van der Waals surface area (Å²) in [6.07, 6.45) is 1.71. The largest absolute Gasteiger partial charge is 0.463 e. The standard InChI is InChI=1S/C26H24ClN3O5S/c1-5-33-25(32)22-14(2)28-26-30(23(22)15-6-8-17(9-7-15)29(3)4)24(31)21(36-26)11-16-10-19-20(12-18(16)27)35-13-34-19/h6-12,23H,5,13H2,1-4H3/b21-11-. The molecule has 36 heavy (non-hydrogen) atoms. The molecule has 1 unspecified atom stereocenters. The third-order valence-corrected chi connectivity index (χ3v) is 7.33. The number of hydrogen-bond donors (Lipinski definition) is 0. The van der Waals surface area contributed by atoms with Crippen LogP contribution in [0.2, 0.25) is 5.02 Å². The Morgan fingerprint density at radius 3 is 2.61 bits per heavy atom. The number of fused-ring (bicyclic) bond motifs is 2. The van der Waals surface area contributed by atoms with Gasteiger partial charge in [-0.3, -0.25) is 9.36 Å². The number of hydrogen-bond acceptors (Lipinski definition) is 8. The maximum atomic E-state index is 13.8. The molecule has 0 amide bonds. The first-order valence-electron chi connectivity index (χ1n) is 11.3. The number of thiazole rings is 1. The van der Waals surface area contributed by atoms with Gasteiger partial charge in [0, 0.05) is 25.8 Å². The van der Waals surface area contributed by atoms with Crippen molar-refractivity contribution in [1.29, 1.82) is 0 Å². The minimum absolute atomic E-state index is 0.125. The second-order valence-corrected chi connectivity index (χ2v) is 9.93. The zero-order valence-corrected chi connectivity index (χ0v) is 21.8.